The molecule has 0 spiro atoms. The van der Waals surface area contributed by atoms with E-state index < -0.39 is 0 Å². The lowest BCUT2D eigenvalue weighted by atomic mass is 10.1. The Kier molecular flexibility index (Phi) is 3.93. The Morgan fingerprint density at radius 2 is 1.92 bits per heavy atom. The summed E-state index contributed by atoms with van der Waals surface area (Å²) in [6.07, 6.45) is 1.20. The van der Waals surface area contributed by atoms with Crippen LogP contribution >= 0.6 is 0 Å². The number of nitrogens with two attached hydrogens (primary N) is 1. The van der Waals surface area contributed by atoms with Gasteiger partial charge in [0.1, 0.15) is 6.04 Å². The fraction of sp³-hybridized carbons (Fsp3) is 0.211. The maximum absolute atomic E-state index is 11.8. The third kappa shape index (κ3) is 2.98. The van der Waals surface area contributed by atoms with E-state index in [-0.39, 0.29) is 11.9 Å². The highest BCUT2D eigenvalue weighted by atomic mass is 16.5. The molecule has 25 heavy (non-hydrogen) atoms. The molecule has 0 saturated heterocycles. The monoisotopic (exact) mass is 334 g/mol. The van der Waals surface area contributed by atoms with E-state index in [1.807, 2.05) is 59.5 Å². The average Bonchev–Trinajstić information content (AvgIpc) is 3.25. The van der Waals surface area contributed by atoms with Crippen molar-refractivity contribution >= 4 is 11.6 Å². The van der Waals surface area contributed by atoms with Gasteiger partial charge in [-0.1, -0.05) is 53.7 Å². The third-order valence-electron chi connectivity index (χ3n) is 4.49. The molecular formula is C19H18N4O2. The number of nitrogens with zero attached hydrogens (tertiary/aromatic N) is 3. The van der Waals surface area contributed by atoms with Crippen LogP contribution in [0.25, 0.3) is 11.4 Å². The van der Waals surface area contributed by atoms with Gasteiger partial charge in [-0.15, -0.1) is 0 Å². The fourth-order valence-corrected chi connectivity index (χ4v) is 3.26. The second-order valence-corrected chi connectivity index (χ2v) is 6.07. The van der Waals surface area contributed by atoms with E-state index in [1.54, 1.807) is 0 Å². The van der Waals surface area contributed by atoms with Gasteiger partial charge in [0, 0.05) is 30.6 Å². The minimum atomic E-state index is -0.325. The number of primary amides is 1. The average molecular weight is 334 g/mol. The maximum Gasteiger partial charge on any atom is 0.240 e. The molecule has 0 aliphatic carbocycles. The first-order valence-corrected chi connectivity index (χ1v) is 8.24. The van der Waals surface area contributed by atoms with Gasteiger partial charge in [0.15, 0.2) is 0 Å². The molecule has 1 amide bonds. The van der Waals surface area contributed by atoms with Crippen LogP contribution in [0.5, 0.6) is 0 Å². The number of para-hydroxylation sites is 1. The predicted molar refractivity (Wildman–Crippen MR) is 93.9 cm³/mol. The number of carbonyl (C=O) groups excluding carboxylic acids is 1. The topological polar surface area (TPSA) is 85.3 Å². The van der Waals surface area contributed by atoms with Crippen molar-refractivity contribution in [3.05, 3.63) is 66.1 Å². The number of aromatic nitrogens is 2. The Labute approximate surface area is 145 Å². The van der Waals surface area contributed by atoms with E-state index in [1.165, 1.54) is 0 Å². The highest BCUT2D eigenvalue weighted by molar-refractivity contribution is 5.86. The predicted octanol–water partition coefficient (Wildman–Crippen LogP) is 2.20. The minimum absolute atomic E-state index is 0.313. The Morgan fingerprint density at radius 3 is 2.72 bits per heavy atom. The van der Waals surface area contributed by atoms with Crippen molar-refractivity contribution in [3.63, 3.8) is 0 Å². The first kappa shape index (κ1) is 15.4. The van der Waals surface area contributed by atoms with E-state index in [0.29, 0.717) is 31.1 Å². The number of rotatable bonds is 5. The Morgan fingerprint density at radius 1 is 1.16 bits per heavy atom. The van der Waals surface area contributed by atoms with Crippen LogP contribution in [0.2, 0.25) is 0 Å². The van der Waals surface area contributed by atoms with Crippen LogP contribution in [0, 0.1) is 0 Å². The van der Waals surface area contributed by atoms with E-state index in [4.69, 9.17) is 10.3 Å². The number of fused-ring (bicyclic) bond motifs is 1. The molecule has 3 aromatic rings. The van der Waals surface area contributed by atoms with Crippen molar-refractivity contribution < 1.29 is 9.32 Å². The molecule has 0 bridgehead atoms. The molecule has 126 valence electrons. The maximum atomic E-state index is 11.8. The minimum Gasteiger partial charge on any atom is -0.368 e. The molecule has 2 aromatic carbocycles. The summed E-state index contributed by atoms with van der Waals surface area (Å²) in [7, 11) is 0. The van der Waals surface area contributed by atoms with Crippen LogP contribution in [0.1, 0.15) is 11.5 Å². The number of amides is 1. The molecule has 0 unspecified atom stereocenters. The van der Waals surface area contributed by atoms with Crippen molar-refractivity contribution in [2.45, 2.75) is 18.9 Å². The van der Waals surface area contributed by atoms with Crippen LogP contribution in [0.15, 0.2) is 59.1 Å². The Balaban J connectivity index is 1.51. The number of hydrogen-bond acceptors (Lipinski definition) is 5. The van der Waals surface area contributed by atoms with E-state index in [0.717, 1.165) is 16.8 Å². The van der Waals surface area contributed by atoms with Gasteiger partial charge in [-0.25, -0.2) is 0 Å². The van der Waals surface area contributed by atoms with Gasteiger partial charge in [0.05, 0.1) is 0 Å². The quantitative estimate of drug-likeness (QED) is 0.773. The molecule has 1 aromatic heterocycles. The summed E-state index contributed by atoms with van der Waals surface area (Å²) in [5.41, 5.74) is 8.69. The van der Waals surface area contributed by atoms with Crippen molar-refractivity contribution in [3.8, 4) is 11.4 Å². The first-order chi connectivity index (χ1) is 12.2. The number of benzene rings is 2. The van der Waals surface area contributed by atoms with Gasteiger partial charge < -0.3 is 15.2 Å². The molecule has 6 heteroatoms. The van der Waals surface area contributed by atoms with Gasteiger partial charge >= 0.3 is 0 Å². The summed E-state index contributed by atoms with van der Waals surface area (Å²) < 4.78 is 5.36. The molecule has 0 saturated carbocycles. The molecule has 1 aliphatic rings. The molecule has 0 radical (unpaired) electrons. The van der Waals surface area contributed by atoms with Crippen LogP contribution in [-0.2, 0) is 17.6 Å². The number of anilines is 1. The van der Waals surface area contributed by atoms with Gasteiger partial charge in [-0.2, -0.15) is 4.98 Å². The van der Waals surface area contributed by atoms with Crippen molar-refractivity contribution in [1.82, 2.24) is 10.1 Å². The lowest BCUT2D eigenvalue weighted by molar-refractivity contribution is -0.119. The third-order valence-corrected chi connectivity index (χ3v) is 4.49. The standard InChI is InChI=1S/C19H18N4O2/c20-18(24)16-12-14-8-4-5-9-15(14)23(16)11-10-17-21-19(22-25-17)13-6-2-1-3-7-13/h1-9,16H,10-12H2,(H2,20,24)/t16-/m0/s1. The smallest absolute Gasteiger partial charge is 0.240 e. The summed E-state index contributed by atoms with van der Waals surface area (Å²) in [6.45, 7) is 0.598. The molecule has 6 nitrogen and oxygen atoms in total. The zero-order valence-electron chi connectivity index (χ0n) is 13.6. The normalized spacial score (nSPS) is 16.0. The molecule has 1 aliphatic heterocycles. The first-order valence-electron chi connectivity index (χ1n) is 8.24. The molecular weight excluding hydrogens is 316 g/mol. The van der Waals surface area contributed by atoms with Crippen LogP contribution < -0.4 is 10.6 Å². The van der Waals surface area contributed by atoms with Crippen LogP contribution in [0.3, 0.4) is 0 Å². The largest absolute Gasteiger partial charge is 0.368 e. The highest BCUT2D eigenvalue weighted by Gasteiger charge is 2.32. The fourth-order valence-electron chi connectivity index (χ4n) is 3.26. The number of hydrogen-bond donors (Lipinski definition) is 1. The second kappa shape index (κ2) is 6.39. The molecule has 2 N–H and O–H groups in total. The summed E-state index contributed by atoms with van der Waals surface area (Å²) in [6, 6.07) is 17.4. The van der Waals surface area contributed by atoms with E-state index in [9.17, 15) is 4.79 Å². The molecule has 2 heterocycles. The molecule has 4 rings (SSSR count). The summed E-state index contributed by atoms with van der Waals surface area (Å²) >= 11 is 0. The summed E-state index contributed by atoms with van der Waals surface area (Å²) in [4.78, 5) is 18.3. The number of carbonyl (C=O) groups is 1. The molecule has 0 fully saturated rings. The summed E-state index contributed by atoms with van der Waals surface area (Å²) in [5, 5.41) is 4.03. The van der Waals surface area contributed by atoms with Crippen molar-refractivity contribution in [1.29, 1.82) is 0 Å². The van der Waals surface area contributed by atoms with Gasteiger partial charge in [0.25, 0.3) is 0 Å². The van der Waals surface area contributed by atoms with Crippen LogP contribution in [0.4, 0.5) is 5.69 Å². The molecule has 1 atom stereocenters. The Hall–Kier alpha value is -3.15. The van der Waals surface area contributed by atoms with E-state index >= 15 is 0 Å². The van der Waals surface area contributed by atoms with Gasteiger partial charge in [-0.05, 0) is 11.6 Å². The lowest BCUT2D eigenvalue weighted by Gasteiger charge is -2.24. The van der Waals surface area contributed by atoms with Crippen molar-refractivity contribution in [2.75, 3.05) is 11.4 Å². The zero-order chi connectivity index (χ0) is 17.2. The van der Waals surface area contributed by atoms with Gasteiger partial charge in [0.2, 0.25) is 17.6 Å². The van der Waals surface area contributed by atoms with Gasteiger partial charge in [-0.3, -0.25) is 4.79 Å². The van der Waals surface area contributed by atoms with E-state index in [2.05, 4.69) is 10.1 Å². The second-order valence-electron chi connectivity index (χ2n) is 6.07. The highest BCUT2D eigenvalue weighted by Crippen LogP contribution is 2.31. The lowest BCUT2D eigenvalue weighted by Crippen LogP contribution is -2.43. The summed E-state index contributed by atoms with van der Waals surface area (Å²) in [5.74, 6) is 0.807. The van der Waals surface area contributed by atoms with Crippen molar-refractivity contribution in [2.24, 2.45) is 5.73 Å². The Bertz CT molecular complexity index is 891. The zero-order valence-corrected chi connectivity index (χ0v) is 13.6. The SMILES string of the molecule is NC(=O)[C@@H]1Cc2ccccc2N1CCc1nc(-c2ccccc2)no1. The van der Waals surface area contributed by atoms with Crippen LogP contribution in [-0.4, -0.2) is 28.6 Å².